The Hall–Kier alpha value is -3.65. The van der Waals surface area contributed by atoms with E-state index in [-0.39, 0.29) is 17.6 Å². The first-order valence-corrected chi connectivity index (χ1v) is 12.9. The smallest absolute Gasteiger partial charge is 0.333 e. The molecular formula is C28H30ClN5O3. The van der Waals surface area contributed by atoms with Crippen molar-refractivity contribution in [2.75, 3.05) is 7.11 Å². The van der Waals surface area contributed by atoms with Gasteiger partial charge in [0.1, 0.15) is 0 Å². The molecule has 1 aliphatic carbocycles. The zero-order valence-electron chi connectivity index (χ0n) is 21.2. The van der Waals surface area contributed by atoms with Crippen LogP contribution in [0.3, 0.4) is 0 Å². The van der Waals surface area contributed by atoms with E-state index in [0.717, 1.165) is 48.0 Å². The summed E-state index contributed by atoms with van der Waals surface area (Å²) in [5, 5.41) is 3.59. The minimum Gasteiger partial charge on any atom is -0.481 e. The second kappa shape index (κ2) is 10.4. The van der Waals surface area contributed by atoms with Crippen molar-refractivity contribution in [1.29, 1.82) is 0 Å². The molecule has 3 aromatic heterocycles. The van der Waals surface area contributed by atoms with E-state index in [1.807, 2.05) is 41.8 Å². The number of fused-ring (bicyclic) bond motifs is 1. The molecule has 192 valence electrons. The van der Waals surface area contributed by atoms with E-state index < -0.39 is 0 Å². The molecule has 4 aromatic rings. The molecular weight excluding hydrogens is 490 g/mol. The number of methoxy groups -OCH3 is 1. The number of aromatic nitrogens is 4. The van der Waals surface area contributed by atoms with Gasteiger partial charge in [0, 0.05) is 24.3 Å². The third-order valence-corrected chi connectivity index (χ3v) is 7.43. The quantitative estimate of drug-likeness (QED) is 0.393. The summed E-state index contributed by atoms with van der Waals surface area (Å²) in [6, 6.07) is 11.5. The van der Waals surface area contributed by atoms with Crippen molar-refractivity contribution in [2.45, 2.75) is 52.1 Å². The fourth-order valence-electron chi connectivity index (χ4n) is 5.27. The number of carbonyl (C=O) groups is 1. The van der Waals surface area contributed by atoms with Crippen molar-refractivity contribution < 1.29 is 9.53 Å². The number of halogens is 1. The Kier molecular flexibility index (Phi) is 7.02. The number of hydrogen-bond acceptors (Lipinski definition) is 5. The number of imidazole rings is 1. The Morgan fingerprint density at radius 3 is 2.51 bits per heavy atom. The number of hydrogen-bond donors (Lipinski definition) is 1. The second-order valence-electron chi connectivity index (χ2n) is 9.71. The van der Waals surface area contributed by atoms with Gasteiger partial charge in [0.15, 0.2) is 0 Å². The maximum absolute atomic E-state index is 13.6. The van der Waals surface area contributed by atoms with Gasteiger partial charge < -0.3 is 10.1 Å². The van der Waals surface area contributed by atoms with Crippen LogP contribution in [0.1, 0.15) is 47.3 Å². The molecule has 1 saturated carbocycles. The Balaban J connectivity index is 1.32. The maximum Gasteiger partial charge on any atom is 0.333 e. The lowest BCUT2D eigenvalue weighted by atomic mass is 9.85. The highest BCUT2D eigenvalue weighted by atomic mass is 35.5. The van der Waals surface area contributed by atoms with Gasteiger partial charge in [-0.25, -0.2) is 9.78 Å². The van der Waals surface area contributed by atoms with Crippen LogP contribution in [-0.2, 0) is 6.54 Å². The lowest BCUT2D eigenvalue weighted by Crippen LogP contribution is -2.39. The Morgan fingerprint density at radius 1 is 1.08 bits per heavy atom. The fourth-order valence-corrected chi connectivity index (χ4v) is 5.42. The van der Waals surface area contributed by atoms with Crippen molar-refractivity contribution in [3.63, 3.8) is 0 Å². The number of benzene rings is 1. The largest absolute Gasteiger partial charge is 0.481 e. The van der Waals surface area contributed by atoms with Gasteiger partial charge in [-0.1, -0.05) is 23.7 Å². The summed E-state index contributed by atoms with van der Waals surface area (Å²) < 4.78 is 8.89. The van der Waals surface area contributed by atoms with Gasteiger partial charge in [0.2, 0.25) is 5.88 Å². The van der Waals surface area contributed by atoms with Gasteiger partial charge in [0.05, 0.1) is 46.3 Å². The van der Waals surface area contributed by atoms with Crippen molar-refractivity contribution in [3.8, 4) is 11.6 Å². The van der Waals surface area contributed by atoms with Gasteiger partial charge in [-0.3, -0.25) is 18.9 Å². The molecule has 8 nitrogen and oxygen atoms in total. The number of carbonyl (C=O) groups excluding carboxylic acids is 1. The van der Waals surface area contributed by atoms with Crippen LogP contribution in [0.15, 0.2) is 53.6 Å². The van der Waals surface area contributed by atoms with E-state index in [1.165, 1.54) is 0 Å². The number of pyridine rings is 2. The van der Waals surface area contributed by atoms with Gasteiger partial charge in [-0.05, 0) is 69.7 Å². The Morgan fingerprint density at radius 2 is 1.81 bits per heavy atom. The van der Waals surface area contributed by atoms with Gasteiger partial charge >= 0.3 is 5.69 Å². The number of rotatable bonds is 6. The molecule has 1 fully saturated rings. The molecule has 37 heavy (non-hydrogen) atoms. The van der Waals surface area contributed by atoms with Crippen molar-refractivity contribution >= 4 is 28.5 Å². The van der Waals surface area contributed by atoms with Crippen LogP contribution in [0.25, 0.3) is 16.7 Å². The zero-order chi connectivity index (χ0) is 26.1. The molecule has 1 N–H and O–H groups in total. The Bertz CT molecular complexity index is 1520. The van der Waals surface area contributed by atoms with Crippen LogP contribution >= 0.6 is 11.6 Å². The summed E-state index contributed by atoms with van der Waals surface area (Å²) >= 11 is 6.03. The van der Waals surface area contributed by atoms with E-state index in [4.69, 9.17) is 16.3 Å². The van der Waals surface area contributed by atoms with Gasteiger partial charge in [0.25, 0.3) is 5.91 Å². The van der Waals surface area contributed by atoms with Gasteiger partial charge in [-0.2, -0.15) is 0 Å². The average molecular weight is 520 g/mol. The molecule has 3 heterocycles. The lowest BCUT2D eigenvalue weighted by molar-refractivity contribution is 0.0919. The van der Waals surface area contributed by atoms with Crippen LogP contribution in [-0.4, -0.2) is 38.2 Å². The highest BCUT2D eigenvalue weighted by molar-refractivity contribution is 6.30. The summed E-state index contributed by atoms with van der Waals surface area (Å²) in [6.07, 6.45) is 6.79. The van der Waals surface area contributed by atoms with Crippen molar-refractivity contribution in [1.82, 2.24) is 24.4 Å². The average Bonchev–Trinajstić information content (AvgIpc) is 3.17. The minimum atomic E-state index is -0.140. The molecule has 0 radical (unpaired) electrons. The first-order valence-electron chi connectivity index (χ1n) is 12.5. The molecule has 0 unspecified atom stereocenters. The number of nitrogens with zero attached hydrogens (tertiary/aromatic N) is 4. The number of amides is 1. The van der Waals surface area contributed by atoms with E-state index in [2.05, 4.69) is 15.3 Å². The highest BCUT2D eigenvalue weighted by Gasteiger charge is 2.26. The minimum absolute atomic E-state index is 0.0769. The molecule has 0 spiro atoms. The molecule has 1 aromatic carbocycles. The standard InChI is InChI=1S/C28H30ClN5O3/c1-17-12-22(15-31-27(17)37-3)34-25-7-5-4-6-24(25)33(28(34)36)16-19-8-10-21(11-9-19)32-26(35)23-13-20(29)14-30-18(23)2/h4-7,12-15,19,21H,8-11,16H2,1-3H3,(H,32,35). The molecule has 0 bridgehead atoms. The maximum atomic E-state index is 13.6. The SMILES string of the molecule is COc1ncc(-n2c(=O)n(CC3CCC(NC(=O)c4cc(Cl)cnc4C)CC3)c3ccccc32)cc1C. The van der Waals surface area contributed by atoms with Crippen LogP contribution < -0.4 is 15.7 Å². The van der Waals surface area contributed by atoms with E-state index >= 15 is 0 Å². The summed E-state index contributed by atoms with van der Waals surface area (Å²) in [5.41, 5.74) is 4.44. The third-order valence-electron chi connectivity index (χ3n) is 7.22. The molecule has 1 amide bonds. The first-order chi connectivity index (χ1) is 17.9. The van der Waals surface area contributed by atoms with Crippen LogP contribution in [0.5, 0.6) is 5.88 Å². The highest BCUT2D eigenvalue weighted by Crippen LogP contribution is 2.28. The normalized spacial score (nSPS) is 17.6. The molecule has 0 atom stereocenters. The van der Waals surface area contributed by atoms with E-state index in [0.29, 0.717) is 34.6 Å². The van der Waals surface area contributed by atoms with Crippen molar-refractivity contribution in [3.05, 3.63) is 81.1 Å². The topological polar surface area (TPSA) is 91.0 Å². The monoisotopic (exact) mass is 519 g/mol. The lowest BCUT2D eigenvalue weighted by Gasteiger charge is -2.29. The van der Waals surface area contributed by atoms with Crippen LogP contribution in [0.4, 0.5) is 0 Å². The van der Waals surface area contributed by atoms with Crippen molar-refractivity contribution in [2.24, 2.45) is 5.92 Å². The first kappa shape index (κ1) is 25.0. The molecule has 0 aliphatic heterocycles. The summed E-state index contributed by atoms with van der Waals surface area (Å²) in [6.45, 7) is 4.35. The number of aryl methyl sites for hydroxylation is 2. The summed E-state index contributed by atoms with van der Waals surface area (Å²) in [5.74, 6) is 0.750. The van der Waals surface area contributed by atoms with Crippen LogP contribution in [0.2, 0.25) is 5.02 Å². The summed E-state index contributed by atoms with van der Waals surface area (Å²) in [7, 11) is 1.59. The molecule has 0 saturated heterocycles. The van der Waals surface area contributed by atoms with Crippen LogP contribution in [0, 0.1) is 19.8 Å². The zero-order valence-corrected chi connectivity index (χ0v) is 22.0. The van der Waals surface area contributed by atoms with E-state index in [9.17, 15) is 9.59 Å². The van der Waals surface area contributed by atoms with E-state index in [1.54, 1.807) is 37.1 Å². The fraction of sp³-hybridized carbons (Fsp3) is 0.357. The number of nitrogens with one attached hydrogen (secondary N) is 1. The summed E-state index contributed by atoms with van der Waals surface area (Å²) in [4.78, 5) is 35.0. The predicted molar refractivity (Wildman–Crippen MR) is 144 cm³/mol. The van der Waals surface area contributed by atoms with Gasteiger partial charge in [-0.15, -0.1) is 0 Å². The number of ether oxygens (including phenoxy) is 1. The molecule has 1 aliphatic rings. The number of para-hydroxylation sites is 2. The second-order valence-corrected chi connectivity index (χ2v) is 10.2. The molecule has 9 heteroatoms. The predicted octanol–water partition coefficient (Wildman–Crippen LogP) is 4.85. The molecule has 5 rings (SSSR count). The Labute approximate surface area is 220 Å². The third kappa shape index (κ3) is 4.98.